The summed E-state index contributed by atoms with van der Waals surface area (Å²) in [6.45, 7) is 1.14. The van der Waals surface area contributed by atoms with Crippen molar-refractivity contribution in [3.8, 4) is 0 Å². The van der Waals surface area contributed by atoms with Crippen molar-refractivity contribution in [2.45, 2.75) is 34.9 Å². The molecule has 0 amide bonds. The van der Waals surface area contributed by atoms with Gasteiger partial charge in [0.1, 0.15) is 4.90 Å². The third-order valence-corrected chi connectivity index (χ3v) is 8.37. The number of carboxylic acids is 1. The highest BCUT2D eigenvalue weighted by Crippen LogP contribution is 2.39. The van der Waals surface area contributed by atoms with Gasteiger partial charge in [0, 0.05) is 17.6 Å². The van der Waals surface area contributed by atoms with Crippen LogP contribution in [0.3, 0.4) is 0 Å². The van der Waals surface area contributed by atoms with Gasteiger partial charge in [0.2, 0.25) is 10.0 Å². The van der Waals surface area contributed by atoms with E-state index in [1.54, 1.807) is 0 Å². The number of aromatic carboxylic acids is 1. The van der Waals surface area contributed by atoms with Gasteiger partial charge in [0.25, 0.3) is 0 Å². The topological polar surface area (TPSA) is 118 Å². The summed E-state index contributed by atoms with van der Waals surface area (Å²) >= 11 is 0. The molecule has 1 fully saturated rings. The minimum atomic E-state index is -4.85. The van der Waals surface area contributed by atoms with Crippen molar-refractivity contribution in [3.63, 3.8) is 0 Å². The monoisotopic (exact) mass is 515 g/mol. The molecule has 1 atom stereocenters. The van der Waals surface area contributed by atoms with Crippen molar-refractivity contribution < 1.29 is 35.7 Å². The first-order valence-corrected chi connectivity index (χ1v) is 12.8. The SMILES string of the molecule is O=C(O)c1ccc(S(=O)n2cc(S(=O)(=O)NC3CCNCC3)c3c(C(F)(F)F)cccc32)cc1. The summed E-state index contributed by atoms with van der Waals surface area (Å²) in [5.74, 6) is -1.20. The van der Waals surface area contributed by atoms with E-state index in [1.165, 1.54) is 30.3 Å². The number of aromatic nitrogens is 1. The normalized spacial score (nSPS) is 16.6. The predicted octanol–water partition coefficient (Wildman–Crippen LogP) is 2.96. The number of piperidine rings is 1. The van der Waals surface area contributed by atoms with E-state index >= 15 is 0 Å². The molecule has 1 unspecified atom stereocenters. The highest BCUT2D eigenvalue weighted by molar-refractivity contribution is 7.90. The molecule has 0 aliphatic carbocycles. The second kappa shape index (κ2) is 9.13. The summed E-state index contributed by atoms with van der Waals surface area (Å²) in [6.07, 6.45) is -2.96. The first kappa shape index (κ1) is 24.4. The molecule has 0 spiro atoms. The molecule has 0 bridgehead atoms. The molecule has 0 saturated carbocycles. The van der Waals surface area contributed by atoms with E-state index in [0.29, 0.717) is 25.9 Å². The Bertz CT molecular complexity index is 1360. The van der Waals surface area contributed by atoms with Crippen LogP contribution in [0.5, 0.6) is 0 Å². The summed E-state index contributed by atoms with van der Waals surface area (Å²) < 4.78 is 84.6. The number of carbonyl (C=O) groups is 1. The van der Waals surface area contributed by atoms with Crippen molar-refractivity contribution in [1.29, 1.82) is 0 Å². The van der Waals surface area contributed by atoms with Crippen LogP contribution >= 0.6 is 0 Å². The zero-order chi connectivity index (χ0) is 24.7. The number of carboxylic acid groups (broad SMARTS) is 1. The number of fused-ring (bicyclic) bond motifs is 1. The Morgan fingerprint density at radius 3 is 2.35 bits per heavy atom. The second-order valence-electron chi connectivity index (χ2n) is 7.74. The Morgan fingerprint density at radius 2 is 1.76 bits per heavy atom. The predicted molar refractivity (Wildman–Crippen MR) is 118 cm³/mol. The zero-order valence-electron chi connectivity index (χ0n) is 17.5. The molecular weight excluding hydrogens is 495 g/mol. The van der Waals surface area contributed by atoms with Crippen LogP contribution in [0, 0.1) is 0 Å². The lowest BCUT2D eigenvalue weighted by Gasteiger charge is -2.23. The molecule has 1 saturated heterocycles. The average molecular weight is 516 g/mol. The molecule has 2 heterocycles. The number of hydrogen-bond donors (Lipinski definition) is 3. The molecule has 3 aromatic rings. The van der Waals surface area contributed by atoms with Crippen LogP contribution in [0.1, 0.15) is 28.8 Å². The lowest BCUT2D eigenvalue weighted by molar-refractivity contribution is -0.136. The van der Waals surface area contributed by atoms with E-state index in [2.05, 4.69) is 10.0 Å². The van der Waals surface area contributed by atoms with E-state index in [1.807, 2.05) is 0 Å². The van der Waals surface area contributed by atoms with E-state index in [0.717, 1.165) is 22.3 Å². The number of halogens is 3. The number of alkyl halides is 3. The van der Waals surface area contributed by atoms with Gasteiger partial charge in [-0.15, -0.1) is 0 Å². The standard InChI is InChI=1S/C21H20F3N3O5S2/c22-21(23,24)16-2-1-3-17-19(16)18(34(31,32)26-14-8-10-25-11-9-14)12-27(17)33(30)15-6-4-13(5-7-15)20(28)29/h1-7,12,14,25-26H,8-11H2,(H,28,29). The van der Waals surface area contributed by atoms with Crippen LogP contribution < -0.4 is 10.0 Å². The molecule has 8 nitrogen and oxygen atoms in total. The van der Waals surface area contributed by atoms with Crippen molar-refractivity contribution in [3.05, 3.63) is 59.8 Å². The van der Waals surface area contributed by atoms with E-state index in [4.69, 9.17) is 5.11 Å². The lowest BCUT2D eigenvalue weighted by Crippen LogP contribution is -2.42. The fraction of sp³-hybridized carbons (Fsp3) is 0.286. The van der Waals surface area contributed by atoms with Crippen molar-refractivity contribution in [1.82, 2.24) is 14.0 Å². The Kier molecular flexibility index (Phi) is 6.55. The van der Waals surface area contributed by atoms with Gasteiger partial charge in [0.05, 0.1) is 21.5 Å². The van der Waals surface area contributed by atoms with Crippen LogP contribution in [-0.4, -0.2) is 46.8 Å². The van der Waals surface area contributed by atoms with Gasteiger partial charge < -0.3 is 10.4 Å². The third-order valence-electron chi connectivity index (χ3n) is 5.50. The summed E-state index contributed by atoms with van der Waals surface area (Å²) in [5.41, 5.74) is -1.40. The molecule has 1 aliphatic heterocycles. The highest BCUT2D eigenvalue weighted by Gasteiger charge is 2.37. The Hall–Kier alpha value is -2.74. The molecular formula is C21H20F3N3O5S2. The van der Waals surface area contributed by atoms with Crippen LogP contribution in [0.25, 0.3) is 10.9 Å². The van der Waals surface area contributed by atoms with Crippen molar-refractivity contribution in [2.24, 2.45) is 0 Å². The quantitative estimate of drug-likeness (QED) is 0.465. The second-order valence-corrected chi connectivity index (χ2v) is 10.8. The maximum Gasteiger partial charge on any atom is 0.417 e. The molecule has 3 N–H and O–H groups in total. The highest BCUT2D eigenvalue weighted by atomic mass is 32.2. The lowest BCUT2D eigenvalue weighted by atomic mass is 10.1. The van der Waals surface area contributed by atoms with Crippen LogP contribution in [0.15, 0.2) is 58.5 Å². The smallest absolute Gasteiger partial charge is 0.417 e. The average Bonchev–Trinajstić information content (AvgIpc) is 3.19. The zero-order valence-corrected chi connectivity index (χ0v) is 19.1. The summed E-state index contributed by atoms with van der Waals surface area (Å²) in [6, 6.07) is 7.65. The third kappa shape index (κ3) is 4.73. The van der Waals surface area contributed by atoms with Gasteiger partial charge in [-0.3, -0.25) is 3.97 Å². The first-order valence-electron chi connectivity index (χ1n) is 10.2. The van der Waals surface area contributed by atoms with E-state index in [-0.39, 0.29) is 16.0 Å². The first-order chi connectivity index (χ1) is 16.0. The molecule has 0 radical (unpaired) electrons. The van der Waals surface area contributed by atoms with Gasteiger partial charge in [-0.2, -0.15) is 13.2 Å². The molecule has 182 valence electrons. The van der Waals surface area contributed by atoms with E-state index < -0.39 is 55.0 Å². The van der Waals surface area contributed by atoms with E-state index in [9.17, 15) is 30.6 Å². The summed E-state index contributed by atoms with van der Waals surface area (Å²) in [5, 5.41) is 11.5. The fourth-order valence-electron chi connectivity index (χ4n) is 3.85. The minimum absolute atomic E-state index is 0.0630. The number of benzene rings is 2. The molecule has 2 aromatic carbocycles. The van der Waals surface area contributed by atoms with Gasteiger partial charge in [0.15, 0.2) is 11.0 Å². The van der Waals surface area contributed by atoms with Crippen LogP contribution in [-0.2, 0) is 27.2 Å². The maximum absolute atomic E-state index is 13.8. The molecule has 1 aliphatic rings. The van der Waals surface area contributed by atoms with Crippen molar-refractivity contribution >= 4 is 37.9 Å². The number of sulfonamides is 1. The summed E-state index contributed by atoms with van der Waals surface area (Å²) in [7, 11) is -6.54. The fourth-order valence-corrected chi connectivity index (χ4v) is 6.57. The van der Waals surface area contributed by atoms with Crippen LogP contribution in [0.2, 0.25) is 0 Å². The number of rotatable bonds is 6. The van der Waals surface area contributed by atoms with Gasteiger partial charge in [-0.25, -0.2) is 22.1 Å². The number of nitrogens with one attached hydrogen (secondary N) is 2. The Labute approximate surface area is 195 Å². The Morgan fingerprint density at radius 1 is 1.12 bits per heavy atom. The number of hydrogen-bond acceptors (Lipinski definition) is 5. The van der Waals surface area contributed by atoms with Gasteiger partial charge in [-0.05, 0) is 62.3 Å². The largest absolute Gasteiger partial charge is 0.478 e. The minimum Gasteiger partial charge on any atom is -0.478 e. The Balaban J connectivity index is 1.87. The molecule has 4 rings (SSSR count). The van der Waals surface area contributed by atoms with Crippen molar-refractivity contribution in [2.75, 3.05) is 13.1 Å². The van der Waals surface area contributed by atoms with Gasteiger partial charge in [-0.1, -0.05) is 6.07 Å². The molecule has 34 heavy (non-hydrogen) atoms. The number of nitrogens with zero attached hydrogens (tertiary/aromatic N) is 1. The summed E-state index contributed by atoms with van der Waals surface area (Å²) in [4.78, 5) is 10.5. The molecule has 13 heteroatoms. The van der Waals surface area contributed by atoms with Gasteiger partial charge >= 0.3 is 12.1 Å². The van der Waals surface area contributed by atoms with Crippen LogP contribution in [0.4, 0.5) is 13.2 Å². The maximum atomic E-state index is 13.8. The molecule has 1 aromatic heterocycles.